The number of hydrogen-bond donors (Lipinski definition) is 1. The number of nitrogens with one attached hydrogen (secondary N) is 1. The molecule has 0 saturated heterocycles. The molecule has 4 rings (SSSR count). The lowest BCUT2D eigenvalue weighted by molar-refractivity contribution is -0.116. The van der Waals surface area contributed by atoms with Crippen LogP contribution >= 0.6 is 11.6 Å². The average Bonchev–Trinajstić information content (AvgIpc) is 3.29. The quantitative estimate of drug-likeness (QED) is 0.334. The minimum atomic E-state index is -0.127. The molecule has 2 heterocycles. The number of aryl methyl sites for hydroxylation is 3. The zero-order valence-electron chi connectivity index (χ0n) is 21.2. The normalized spacial score (nSPS) is 11.0. The molecule has 36 heavy (non-hydrogen) atoms. The van der Waals surface area contributed by atoms with Gasteiger partial charge in [0.2, 0.25) is 5.91 Å². The van der Waals surface area contributed by atoms with Gasteiger partial charge in [-0.15, -0.1) is 0 Å². The third-order valence-corrected chi connectivity index (χ3v) is 6.61. The molecule has 0 spiro atoms. The van der Waals surface area contributed by atoms with Crippen molar-refractivity contribution in [1.82, 2.24) is 14.6 Å². The van der Waals surface area contributed by atoms with Crippen LogP contribution in [0.3, 0.4) is 0 Å². The zero-order valence-corrected chi connectivity index (χ0v) is 22.0. The molecule has 2 aromatic carbocycles. The third kappa shape index (κ3) is 4.95. The van der Waals surface area contributed by atoms with E-state index in [1.54, 1.807) is 27.4 Å². The van der Waals surface area contributed by atoms with Crippen LogP contribution in [-0.4, -0.2) is 41.8 Å². The van der Waals surface area contributed by atoms with E-state index in [-0.39, 0.29) is 12.3 Å². The molecule has 4 aromatic rings. The van der Waals surface area contributed by atoms with Gasteiger partial charge in [-0.25, -0.2) is 9.50 Å². The second-order valence-corrected chi connectivity index (χ2v) is 8.88. The minimum Gasteiger partial charge on any atom is -0.497 e. The number of methoxy groups -OCH3 is 3. The molecule has 1 N–H and O–H groups in total. The van der Waals surface area contributed by atoms with Crippen LogP contribution in [0.15, 0.2) is 36.4 Å². The number of anilines is 1. The second-order valence-electron chi connectivity index (χ2n) is 8.48. The number of hydrogen-bond acceptors (Lipinski definition) is 6. The summed E-state index contributed by atoms with van der Waals surface area (Å²) in [5, 5.41) is 8.31. The van der Waals surface area contributed by atoms with E-state index in [0.29, 0.717) is 34.4 Å². The van der Waals surface area contributed by atoms with Gasteiger partial charge in [0.05, 0.1) is 32.7 Å². The Labute approximate surface area is 215 Å². The molecule has 0 aliphatic heterocycles. The molecule has 9 heteroatoms. The van der Waals surface area contributed by atoms with Crippen LogP contribution in [0.4, 0.5) is 5.69 Å². The monoisotopic (exact) mass is 508 g/mol. The van der Waals surface area contributed by atoms with Crippen molar-refractivity contribution in [3.05, 3.63) is 63.9 Å². The van der Waals surface area contributed by atoms with Gasteiger partial charge in [0.25, 0.3) is 0 Å². The molecule has 0 aliphatic rings. The average molecular weight is 509 g/mol. The van der Waals surface area contributed by atoms with Gasteiger partial charge in [-0.3, -0.25) is 4.79 Å². The lowest BCUT2D eigenvalue weighted by Crippen LogP contribution is -2.15. The van der Waals surface area contributed by atoms with Crippen LogP contribution in [0, 0.1) is 20.8 Å². The van der Waals surface area contributed by atoms with Crippen LogP contribution in [-0.2, 0) is 11.2 Å². The summed E-state index contributed by atoms with van der Waals surface area (Å²) in [5.41, 5.74) is 6.54. The van der Waals surface area contributed by atoms with Crippen molar-refractivity contribution in [1.29, 1.82) is 0 Å². The SMILES string of the molecule is COc1ccc(-c2cc3nc(C)c(CCC(=O)Nc4cc(C)c(Cl)cc4OC)c(C)n3n2)c(OC)c1. The predicted molar refractivity (Wildman–Crippen MR) is 141 cm³/mol. The number of nitrogens with zero attached hydrogens (tertiary/aromatic N) is 3. The van der Waals surface area contributed by atoms with Crippen molar-refractivity contribution in [2.45, 2.75) is 33.6 Å². The first kappa shape index (κ1) is 25.3. The predicted octanol–water partition coefficient (Wildman–Crippen LogP) is 5.57. The molecule has 0 saturated carbocycles. The summed E-state index contributed by atoms with van der Waals surface area (Å²) in [6, 6.07) is 11.0. The van der Waals surface area contributed by atoms with Gasteiger partial charge in [0.1, 0.15) is 17.2 Å². The summed E-state index contributed by atoms with van der Waals surface area (Å²) < 4.78 is 18.0. The minimum absolute atomic E-state index is 0.127. The Morgan fingerprint density at radius 3 is 2.44 bits per heavy atom. The molecule has 1 amide bonds. The molecular formula is C27H29ClN4O4. The number of rotatable bonds is 8. The Balaban J connectivity index is 1.58. The molecular weight excluding hydrogens is 480 g/mol. The van der Waals surface area contributed by atoms with Gasteiger partial charge in [0.15, 0.2) is 5.65 Å². The van der Waals surface area contributed by atoms with Crippen molar-refractivity contribution in [2.75, 3.05) is 26.6 Å². The van der Waals surface area contributed by atoms with Gasteiger partial charge in [0, 0.05) is 46.6 Å². The molecule has 0 atom stereocenters. The number of halogens is 1. The van der Waals surface area contributed by atoms with Crippen LogP contribution < -0.4 is 19.5 Å². The summed E-state index contributed by atoms with van der Waals surface area (Å²) in [5.74, 6) is 1.76. The van der Waals surface area contributed by atoms with Crippen molar-refractivity contribution in [3.8, 4) is 28.5 Å². The van der Waals surface area contributed by atoms with E-state index in [9.17, 15) is 4.79 Å². The van der Waals surface area contributed by atoms with E-state index in [2.05, 4.69) is 5.32 Å². The molecule has 2 aromatic heterocycles. The number of ether oxygens (including phenoxy) is 3. The molecule has 0 bridgehead atoms. The highest BCUT2D eigenvalue weighted by atomic mass is 35.5. The standard InChI is InChI=1S/C27H29ClN4O4/c1-15-11-23(25(36-6)13-21(15)28)30-27(33)10-9-19-16(2)29-26-14-22(31-32(26)17(19)3)20-8-7-18(34-4)12-24(20)35-5/h7-8,11-14H,9-10H2,1-6H3,(H,30,33). The van der Waals surface area contributed by atoms with E-state index in [4.69, 9.17) is 35.9 Å². The number of aromatic nitrogens is 3. The number of carbonyl (C=O) groups excluding carboxylic acids is 1. The molecule has 0 aliphatic carbocycles. The van der Waals surface area contributed by atoms with Gasteiger partial charge >= 0.3 is 0 Å². The Kier molecular flexibility index (Phi) is 7.35. The van der Waals surface area contributed by atoms with E-state index in [0.717, 1.165) is 39.4 Å². The molecule has 188 valence electrons. The Hall–Kier alpha value is -3.78. The van der Waals surface area contributed by atoms with E-state index >= 15 is 0 Å². The third-order valence-electron chi connectivity index (χ3n) is 6.21. The first-order valence-corrected chi connectivity index (χ1v) is 11.9. The van der Waals surface area contributed by atoms with Gasteiger partial charge in [-0.1, -0.05) is 11.6 Å². The Morgan fingerprint density at radius 1 is 1.00 bits per heavy atom. The summed E-state index contributed by atoms with van der Waals surface area (Å²) in [6.07, 6.45) is 0.794. The Morgan fingerprint density at radius 2 is 1.75 bits per heavy atom. The lowest BCUT2D eigenvalue weighted by atomic mass is 10.1. The number of fused-ring (bicyclic) bond motifs is 1. The molecule has 0 radical (unpaired) electrons. The fraction of sp³-hybridized carbons (Fsp3) is 0.296. The van der Waals surface area contributed by atoms with Crippen molar-refractivity contribution >= 4 is 28.8 Å². The van der Waals surface area contributed by atoms with Crippen molar-refractivity contribution in [3.63, 3.8) is 0 Å². The summed E-state index contributed by atoms with van der Waals surface area (Å²) >= 11 is 6.18. The van der Waals surface area contributed by atoms with Crippen LogP contribution in [0.25, 0.3) is 16.9 Å². The number of benzene rings is 2. The van der Waals surface area contributed by atoms with E-state index < -0.39 is 0 Å². The highest BCUT2D eigenvalue weighted by molar-refractivity contribution is 6.31. The fourth-order valence-electron chi connectivity index (χ4n) is 4.21. The Bertz CT molecular complexity index is 1450. The lowest BCUT2D eigenvalue weighted by Gasteiger charge is -2.13. The summed E-state index contributed by atoms with van der Waals surface area (Å²) in [4.78, 5) is 17.5. The van der Waals surface area contributed by atoms with Crippen LogP contribution in [0.5, 0.6) is 17.2 Å². The first-order chi connectivity index (χ1) is 17.2. The first-order valence-electron chi connectivity index (χ1n) is 11.5. The molecule has 8 nitrogen and oxygen atoms in total. The fourth-order valence-corrected chi connectivity index (χ4v) is 4.36. The van der Waals surface area contributed by atoms with Gasteiger partial charge in [-0.2, -0.15) is 5.10 Å². The van der Waals surface area contributed by atoms with Gasteiger partial charge < -0.3 is 19.5 Å². The number of carbonyl (C=O) groups is 1. The van der Waals surface area contributed by atoms with Gasteiger partial charge in [-0.05, 0) is 56.5 Å². The van der Waals surface area contributed by atoms with Crippen LogP contribution in [0.2, 0.25) is 5.02 Å². The van der Waals surface area contributed by atoms with E-state index in [1.165, 1.54) is 0 Å². The summed E-state index contributed by atoms with van der Waals surface area (Å²) in [7, 11) is 4.78. The maximum atomic E-state index is 12.8. The molecule has 0 unspecified atom stereocenters. The highest BCUT2D eigenvalue weighted by Crippen LogP contribution is 2.34. The maximum Gasteiger partial charge on any atom is 0.224 e. The van der Waals surface area contributed by atoms with Crippen molar-refractivity contribution < 1.29 is 19.0 Å². The maximum absolute atomic E-state index is 12.8. The summed E-state index contributed by atoms with van der Waals surface area (Å²) in [6.45, 7) is 5.82. The highest BCUT2D eigenvalue weighted by Gasteiger charge is 2.17. The van der Waals surface area contributed by atoms with Crippen molar-refractivity contribution in [2.24, 2.45) is 0 Å². The molecule has 0 fully saturated rings. The zero-order chi connectivity index (χ0) is 26.0. The number of amides is 1. The topological polar surface area (TPSA) is 87.0 Å². The smallest absolute Gasteiger partial charge is 0.224 e. The van der Waals surface area contributed by atoms with Crippen LogP contribution in [0.1, 0.15) is 28.9 Å². The van der Waals surface area contributed by atoms with E-state index in [1.807, 2.05) is 55.6 Å². The second kappa shape index (κ2) is 10.5. The largest absolute Gasteiger partial charge is 0.497 e.